The van der Waals surface area contributed by atoms with Crippen molar-refractivity contribution in [3.63, 3.8) is 0 Å². The van der Waals surface area contributed by atoms with Crippen molar-refractivity contribution in [2.75, 3.05) is 39.3 Å². The van der Waals surface area contributed by atoms with Gasteiger partial charge in [0.1, 0.15) is 11.6 Å². The van der Waals surface area contributed by atoms with Crippen molar-refractivity contribution in [3.05, 3.63) is 95.4 Å². The van der Waals surface area contributed by atoms with Crippen molar-refractivity contribution < 1.29 is 22.8 Å². The summed E-state index contributed by atoms with van der Waals surface area (Å²) >= 11 is 0. The van der Waals surface area contributed by atoms with Gasteiger partial charge < -0.3 is 14.2 Å². The lowest BCUT2D eigenvalue weighted by Crippen LogP contribution is -2.50. The first-order valence-corrected chi connectivity index (χ1v) is 10.8. The molecule has 3 aromatic rings. The van der Waals surface area contributed by atoms with Crippen LogP contribution in [0.3, 0.4) is 0 Å². The van der Waals surface area contributed by atoms with Gasteiger partial charge in [0.05, 0.1) is 6.26 Å². The zero-order chi connectivity index (χ0) is 23.2. The molecule has 0 atom stereocenters. The minimum atomic E-state index is -0.404. The summed E-state index contributed by atoms with van der Waals surface area (Å²) in [5, 5.41) is 0. The second kappa shape index (κ2) is 10.4. The quantitative estimate of drug-likeness (QED) is 0.548. The maximum Gasteiger partial charge on any atom is 0.289 e. The van der Waals surface area contributed by atoms with Crippen molar-refractivity contribution in [2.24, 2.45) is 0 Å². The van der Waals surface area contributed by atoms with Gasteiger partial charge in [0.15, 0.2) is 5.76 Å². The highest BCUT2D eigenvalue weighted by molar-refractivity contribution is 5.94. The van der Waals surface area contributed by atoms with Crippen LogP contribution >= 0.6 is 0 Å². The van der Waals surface area contributed by atoms with Crippen molar-refractivity contribution in [3.8, 4) is 0 Å². The monoisotopic (exact) mass is 453 g/mol. The number of amides is 2. The van der Waals surface area contributed by atoms with Crippen molar-refractivity contribution in [1.29, 1.82) is 0 Å². The van der Waals surface area contributed by atoms with Gasteiger partial charge in [-0.25, -0.2) is 8.78 Å². The molecule has 0 unspecified atom stereocenters. The lowest BCUT2D eigenvalue weighted by molar-refractivity contribution is 0.0574. The molecule has 2 aromatic carbocycles. The molecule has 0 spiro atoms. The molecule has 8 heteroatoms. The highest BCUT2D eigenvalue weighted by Crippen LogP contribution is 2.14. The van der Waals surface area contributed by atoms with Crippen LogP contribution in [0.5, 0.6) is 0 Å². The normalized spacial score (nSPS) is 14.3. The Bertz CT molecular complexity index is 1060. The summed E-state index contributed by atoms with van der Waals surface area (Å²) in [6.07, 6.45) is 1.48. The molecular formula is C25H25F2N3O3. The Morgan fingerprint density at radius 2 is 1.52 bits per heavy atom. The van der Waals surface area contributed by atoms with E-state index in [1.165, 1.54) is 42.7 Å². The Morgan fingerprint density at radius 3 is 2.12 bits per heavy atom. The lowest BCUT2D eigenvalue weighted by Gasteiger charge is -2.35. The third kappa shape index (κ3) is 5.84. The summed E-state index contributed by atoms with van der Waals surface area (Å²) in [7, 11) is 0. The van der Waals surface area contributed by atoms with E-state index in [1.54, 1.807) is 34.1 Å². The second-order valence-corrected chi connectivity index (χ2v) is 7.97. The molecule has 0 bridgehead atoms. The number of hydrogen-bond acceptors (Lipinski definition) is 4. The van der Waals surface area contributed by atoms with E-state index in [0.717, 1.165) is 5.56 Å². The number of rotatable bonds is 7. The highest BCUT2D eigenvalue weighted by atomic mass is 19.1. The number of furan rings is 1. The van der Waals surface area contributed by atoms with Crippen LogP contribution in [-0.4, -0.2) is 65.8 Å². The third-order valence-corrected chi connectivity index (χ3v) is 5.74. The fourth-order valence-corrected chi connectivity index (χ4v) is 3.83. The molecule has 1 aromatic heterocycles. The standard InChI is InChI=1S/C25H25F2N3O3/c26-21-7-3-19(4-8-21)18-30(24(31)20-5-9-22(27)10-6-20)16-13-28-11-14-29(15-12-28)25(32)23-2-1-17-33-23/h1-10,17H,11-16,18H2. The summed E-state index contributed by atoms with van der Waals surface area (Å²) < 4.78 is 31.8. The minimum absolute atomic E-state index is 0.121. The fourth-order valence-electron chi connectivity index (χ4n) is 3.83. The molecule has 33 heavy (non-hydrogen) atoms. The van der Waals surface area contributed by atoms with Gasteiger partial charge in [-0.1, -0.05) is 12.1 Å². The Morgan fingerprint density at radius 1 is 0.879 bits per heavy atom. The molecule has 2 amide bonds. The van der Waals surface area contributed by atoms with Crippen molar-refractivity contribution >= 4 is 11.8 Å². The average molecular weight is 453 g/mol. The second-order valence-electron chi connectivity index (χ2n) is 7.97. The first-order chi connectivity index (χ1) is 16.0. The zero-order valence-corrected chi connectivity index (χ0v) is 18.1. The van der Waals surface area contributed by atoms with Crippen LogP contribution in [0.1, 0.15) is 26.5 Å². The van der Waals surface area contributed by atoms with E-state index in [2.05, 4.69) is 4.90 Å². The van der Waals surface area contributed by atoms with E-state index in [-0.39, 0.29) is 17.6 Å². The van der Waals surface area contributed by atoms with Crippen LogP contribution in [0.2, 0.25) is 0 Å². The van der Waals surface area contributed by atoms with Gasteiger partial charge in [0.25, 0.3) is 11.8 Å². The Labute approximate surface area is 191 Å². The first kappa shape index (κ1) is 22.7. The van der Waals surface area contributed by atoms with Gasteiger partial charge in [-0.15, -0.1) is 0 Å². The van der Waals surface area contributed by atoms with Gasteiger partial charge in [-0.2, -0.15) is 0 Å². The van der Waals surface area contributed by atoms with Crippen LogP contribution in [-0.2, 0) is 6.54 Å². The van der Waals surface area contributed by atoms with E-state index in [0.29, 0.717) is 57.1 Å². The maximum absolute atomic E-state index is 13.3. The molecular weight excluding hydrogens is 428 g/mol. The molecule has 0 aliphatic carbocycles. The molecule has 0 saturated carbocycles. The topological polar surface area (TPSA) is 57.0 Å². The van der Waals surface area contributed by atoms with Gasteiger partial charge in [0.2, 0.25) is 0 Å². The molecule has 1 aliphatic rings. The third-order valence-electron chi connectivity index (χ3n) is 5.74. The van der Waals surface area contributed by atoms with Gasteiger partial charge >= 0.3 is 0 Å². The van der Waals surface area contributed by atoms with Gasteiger partial charge in [-0.05, 0) is 54.1 Å². The molecule has 6 nitrogen and oxygen atoms in total. The average Bonchev–Trinajstić information content (AvgIpc) is 3.38. The summed E-state index contributed by atoms with van der Waals surface area (Å²) in [6.45, 7) is 3.89. The number of piperazine rings is 1. The van der Waals surface area contributed by atoms with E-state index in [1.807, 2.05) is 0 Å². The van der Waals surface area contributed by atoms with Crippen molar-refractivity contribution in [1.82, 2.24) is 14.7 Å². The number of carbonyl (C=O) groups is 2. The number of carbonyl (C=O) groups excluding carboxylic acids is 2. The lowest BCUT2D eigenvalue weighted by atomic mass is 10.1. The largest absolute Gasteiger partial charge is 0.459 e. The smallest absolute Gasteiger partial charge is 0.289 e. The van der Waals surface area contributed by atoms with Crippen LogP contribution in [0.4, 0.5) is 8.78 Å². The van der Waals surface area contributed by atoms with E-state index in [4.69, 9.17) is 4.42 Å². The van der Waals surface area contributed by atoms with Crippen LogP contribution in [0.25, 0.3) is 0 Å². The molecule has 1 aliphatic heterocycles. The van der Waals surface area contributed by atoms with Gasteiger partial charge in [0, 0.05) is 51.4 Å². The predicted molar refractivity (Wildman–Crippen MR) is 119 cm³/mol. The summed E-state index contributed by atoms with van der Waals surface area (Å²) in [5.41, 5.74) is 1.20. The Hall–Kier alpha value is -3.52. The van der Waals surface area contributed by atoms with Crippen molar-refractivity contribution in [2.45, 2.75) is 6.54 Å². The number of halogens is 2. The Kier molecular flexibility index (Phi) is 7.14. The zero-order valence-electron chi connectivity index (χ0n) is 18.1. The molecule has 0 N–H and O–H groups in total. The molecule has 0 radical (unpaired) electrons. The molecule has 2 heterocycles. The molecule has 1 saturated heterocycles. The van der Waals surface area contributed by atoms with Crippen LogP contribution < -0.4 is 0 Å². The molecule has 4 rings (SSSR count). The van der Waals surface area contributed by atoms with Crippen LogP contribution in [0, 0.1) is 11.6 Å². The minimum Gasteiger partial charge on any atom is -0.459 e. The van der Waals surface area contributed by atoms with E-state index >= 15 is 0 Å². The number of nitrogens with zero attached hydrogens (tertiary/aromatic N) is 3. The number of benzene rings is 2. The number of hydrogen-bond donors (Lipinski definition) is 0. The highest BCUT2D eigenvalue weighted by Gasteiger charge is 2.24. The Balaban J connectivity index is 1.37. The van der Waals surface area contributed by atoms with E-state index in [9.17, 15) is 18.4 Å². The maximum atomic E-state index is 13.3. The van der Waals surface area contributed by atoms with Crippen LogP contribution in [0.15, 0.2) is 71.3 Å². The predicted octanol–water partition coefficient (Wildman–Crippen LogP) is 3.66. The summed E-state index contributed by atoms with van der Waals surface area (Å²) in [6, 6.07) is 14.8. The van der Waals surface area contributed by atoms with Gasteiger partial charge in [-0.3, -0.25) is 14.5 Å². The van der Waals surface area contributed by atoms with E-state index < -0.39 is 5.82 Å². The fraction of sp³-hybridized carbons (Fsp3) is 0.280. The summed E-state index contributed by atoms with van der Waals surface area (Å²) in [5.74, 6) is -0.746. The summed E-state index contributed by atoms with van der Waals surface area (Å²) in [4.78, 5) is 31.2. The molecule has 1 fully saturated rings. The first-order valence-electron chi connectivity index (χ1n) is 10.8. The SMILES string of the molecule is O=C(c1ccc(F)cc1)N(CCN1CCN(C(=O)c2ccco2)CC1)Cc1ccc(F)cc1. The molecule has 172 valence electrons.